The SMILES string of the molecule is CC12C=CC(O1)[C@H]1CN(c3ccc(S(=O)(=O)N/N=C/c4ccc([N+](=O)[O-])cc4)cc3)C[C@H]12. The van der Waals surface area contributed by atoms with Gasteiger partial charge in [0.2, 0.25) is 0 Å². The molecular weight excluding hydrogens is 432 g/mol. The molecule has 3 aliphatic heterocycles. The lowest BCUT2D eigenvalue weighted by molar-refractivity contribution is -0.384. The van der Waals surface area contributed by atoms with Gasteiger partial charge in [-0.3, -0.25) is 10.1 Å². The van der Waals surface area contributed by atoms with Gasteiger partial charge in [0.05, 0.1) is 27.7 Å². The Morgan fingerprint density at radius 2 is 1.91 bits per heavy atom. The Kier molecular flexibility index (Phi) is 4.79. The minimum Gasteiger partial charge on any atom is -0.371 e. The van der Waals surface area contributed by atoms with Crippen molar-refractivity contribution in [3.8, 4) is 0 Å². The summed E-state index contributed by atoms with van der Waals surface area (Å²) in [5, 5.41) is 14.5. The second kappa shape index (κ2) is 7.42. The van der Waals surface area contributed by atoms with Crippen LogP contribution in [0.1, 0.15) is 12.5 Å². The Bertz CT molecular complexity index is 1210. The fourth-order valence-electron chi connectivity index (χ4n) is 4.82. The van der Waals surface area contributed by atoms with E-state index in [2.05, 4.69) is 33.9 Å². The molecule has 9 nitrogen and oxygen atoms in total. The fraction of sp³-hybridized carbons (Fsp3) is 0.318. The number of hydrogen-bond donors (Lipinski definition) is 1. The van der Waals surface area contributed by atoms with Crippen molar-refractivity contribution < 1.29 is 18.1 Å². The topological polar surface area (TPSA) is 114 Å². The quantitative estimate of drug-likeness (QED) is 0.311. The van der Waals surface area contributed by atoms with Crippen molar-refractivity contribution >= 4 is 27.6 Å². The molecule has 166 valence electrons. The number of nitro benzene ring substituents is 1. The summed E-state index contributed by atoms with van der Waals surface area (Å²) in [7, 11) is -3.83. The van der Waals surface area contributed by atoms with Gasteiger partial charge >= 0.3 is 0 Å². The van der Waals surface area contributed by atoms with Crippen molar-refractivity contribution in [1.29, 1.82) is 0 Å². The molecule has 2 aromatic rings. The summed E-state index contributed by atoms with van der Waals surface area (Å²) in [5.41, 5.74) is 1.28. The third kappa shape index (κ3) is 3.55. The van der Waals surface area contributed by atoms with Crippen LogP contribution in [0.3, 0.4) is 0 Å². The monoisotopic (exact) mass is 454 g/mol. The molecule has 0 aromatic heterocycles. The van der Waals surface area contributed by atoms with Gasteiger partial charge in [0.15, 0.2) is 0 Å². The molecule has 2 fully saturated rings. The van der Waals surface area contributed by atoms with Gasteiger partial charge in [-0.15, -0.1) is 0 Å². The van der Waals surface area contributed by atoms with Crippen LogP contribution in [0.2, 0.25) is 0 Å². The number of nitro groups is 1. The molecule has 2 aromatic carbocycles. The van der Waals surface area contributed by atoms with Crippen molar-refractivity contribution in [3.05, 3.63) is 76.4 Å². The summed E-state index contributed by atoms with van der Waals surface area (Å²) in [5.74, 6) is 0.903. The van der Waals surface area contributed by atoms with Gasteiger partial charge in [0.25, 0.3) is 15.7 Å². The van der Waals surface area contributed by atoms with Crippen molar-refractivity contribution in [2.24, 2.45) is 16.9 Å². The summed E-state index contributed by atoms with van der Waals surface area (Å²) in [6.45, 7) is 3.90. The lowest BCUT2D eigenvalue weighted by Gasteiger charge is -2.26. The molecule has 5 rings (SSSR count). The maximum absolute atomic E-state index is 12.5. The third-order valence-electron chi connectivity index (χ3n) is 6.53. The molecule has 3 heterocycles. The van der Waals surface area contributed by atoms with Crippen LogP contribution in [0, 0.1) is 22.0 Å². The first-order valence-corrected chi connectivity index (χ1v) is 11.7. The molecule has 2 saturated heterocycles. The minimum atomic E-state index is -3.83. The summed E-state index contributed by atoms with van der Waals surface area (Å²) >= 11 is 0. The van der Waals surface area contributed by atoms with Gasteiger partial charge in [0.1, 0.15) is 0 Å². The number of rotatable bonds is 6. The molecule has 1 N–H and O–H groups in total. The molecule has 0 radical (unpaired) electrons. The molecule has 32 heavy (non-hydrogen) atoms. The first kappa shape index (κ1) is 20.7. The van der Waals surface area contributed by atoms with E-state index in [1.165, 1.54) is 30.5 Å². The lowest BCUT2D eigenvalue weighted by atomic mass is 9.79. The zero-order valence-electron chi connectivity index (χ0n) is 17.3. The van der Waals surface area contributed by atoms with Crippen LogP contribution in [-0.4, -0.2) is 44.4 Å². The molecule has 0 amide bonds. The maximum Gasteiger partial charge on any atom is 0.276 e. The third-order valence-corrected chi connectivity index (χ3v) is 7.77. The lowest BCUT2D eigenvalue weighted by Crippen LogP contribution is -2.33. The van der Waals surface area contributed by atoms with E-state index in [4.69, 9.17) is 4.74 Å². The number of fused-ring (bicyclic) bond motifs is 5. The number of hydrazone groups is 1. The first-order valence-electron chi connectivity index (χ1n) is 10.3. The molecule has 0 saturated carbocycles. The van der Waals surface area contributed by atoms with Gasteiger partial charge in [-0.25, -0.2) is 4.83 Å². The molecule has 4 atom stereocenters. The fourth-order valence-corrected chi connectivity index (χ4v) is 5.61. The standard InChI is InChI=1S/C22H22N4O5S/c1-22-11-10-21(31-22)19-13-25(14-20(19)22)16-6-8-18(9-7-16)32(29,30)24-23-12-15-2-4-17(5-3-15)26(27)28/h2-12,19-21,24H,13-14H2,1H3/b23-12+/t19-,20+,21?,22?/m0/s1. The maximum atomic E-state index is 12.5. The summed E-state index contributed by atoms with van der Waals surface area (Å²) < 4.78 is 31.2. The summed E-state index contributed by atoms with van der Waals surface area (Å²) in [4.78, 5) is 14.8. The second-order valence-electron chi connectivity index (χ2n) is 8.50. The van der Waals surface area contributed by atoms with E-state index in [0.29, 0.717) is 17.4 Å². The van der Waals surface area contributed by atoms with E-state index in [-0.39, 0.29) is 22.3 Å². The number of nitrogens with one attached hydrogen (secondary N) is 1. The van der Waals surface area contributed by atoms with Crippen molar-refractivity contribution in [1.82, 2.24) is 4.83 Å². The van der Waals surface area contributed by atoms with Crippen LogP contribution in [0.4, 0.5) is 11.4 Å². The number of hydrogen-bond acceptors (Lipinski definition) is 7. The van der Waals surface area contributed by atoms with Gasteiger partial charge in [-0.05, 0) is 48.9 Å². The molecule has 3 aliphatic rings. The smallest absolute Gasteiger partial charge is 0.276 e. The van der Waals surface area contributed by atoms with Crippen LogP contribution in [0.5, 0.6) is 0 Å². The highest BCUT2D eigenvalue weighted by Crippen LogP contribution is 2.50. The van der Waals surface area contributed by atoms with E-state index in [9.17, 15) is 18.5 Å². The molecule has 10 heteroatoms. The van der Waals surface area contributed by atoms with E-state index < -0.39 is 14.9 Å². The highest BCUT2D eigenvalue weighted by atomic mass is 32.2. The molecule has 0 aliphatic carbocycles. The minimum absolute atomic E-state index is 0.0463. The Morgan fingerprint density at radius 3 is 2.56 bits per heavy atom. The number of sulfonamides is 1. The van der Waals surface area contributed by atoms with E-state index in [0.717, 1.165) is 18.8 Å². The van der Waals surface area contributed by atoms with E-state index in [1.54, 1.807) is 12.1 Å². The highest BCUT2D eigenvalue weighted by Gasteiger charge is 2.57. The number of nitrogens with zero attached hydrogens (tertiary/aromatic N) is 3. The van der Waals surface area contributed by atoms with Crippen LogP contribution in [-0.2, 0) is 14.8 Å². The summed E-state index contributed by atoms with van der Waals surface area (Å²) in [6, 6.07) is 12.4. The van der Waals surface area contributed by atoms with E-state index >= 15 is 0 Å². The first-order chi connectivity index (χ1) is 15.2. The largest absolute Gasteiger partial charge is 0.371 e. The Labute approximate surface area is 185 Å². The number of benzene rings is 2. The van der Waals surface area contributed by atoms with Crippen molar-refractivity contribution in [2.45, 2.75) is 23.5 Å². The van der Waals surface area contributed by atoms with Gasteiger partial charge < -0.3 is 9.64 Å². The van der Waals surface area contributed by atoms with Gasteiger partial charge in [0, 0.05) is 42.7 Å². The average Bonchev–Trinajstić information content (AvgIpc) is 3.45. The second-order valence-corrected chi connectivity index (χ2v) is 10.2. The summed E-state index contributed by atoms with van der Waals surface area (Å²) in [6.07, 6.45) is 5.79. The molecule has 2 bridgehead atoms. The van der Waals surface area contributed by atoms with E-state index in [1.807, 2.05) is 12.1 Å². The highest BCUT2D eigenvalue weighted by molar-refractivity contribution is 7.89. The van der Waals surface area contributed by atoms with Crippen LogP contribution >= 0.6 is 0 Å². The number of anilines is 1. The van der Waals surface area contributed by atoms with Crippen molar-refractivity contribution in [3.63, 3.8) is 0 Å². The van der Waals surface area contributed by atoms with Crippen LogP contribution < -0.4 is 9.73 Å². The van der Waals surface area contributed by atoms with Crippen molar-refractivity contribution in [2.75, 3.05) is 18.0 Å². The van der Waals surface area contributed by atoms with Crippen LogP contribution in [0.15, 0.2) is 70.7 Å². The van der Waals surface area contributed by atoms with Gasteiger partial charge in [-0.1, -0.05) is 12.2 Å². The van der Waals surface area contributed by atoms with Gasteiger partial charge in [-0.2, -0.15) is 13.5 Å². The molecule has 2 unspecified atom stereocenters. The Hall–Kier alpha value is -3.24. The van der Waals surface area contributed by atoms with Crippen LogP contribution in [0.25, 0.3) is 0 Å². The zero-order chi connectivity index (χ0) is 22.5. The number of non-ortho nitro benzene ring substituents is 1. The zero-order valence-corrected chi connectivity index (χ0v) is 18.1. The Balaban J connectivity index is 1.23. The molecular formula is C22H22N4O5S. The average molecular weight is 455 g/mol. The normalized spacial score (nSPS) is 28.4. The molecule has 0 spiro atoms. The predicted molar refractivity (Wildman–Crippen MR) is 119 cm³/mol. The Morgan fingerprint density at radius 1 is 1.19 bits per heavy atom. The number of ether oxygens (including phenoxy) is 1. The predicted octanol–water partition coefficient (Wildman–Crippen LogP) is 2.69.